The van der Waals surface area contributed by atoms with E-state index in [2.05, 4.69) is 0 Å². The third-order valence-electron chi connectivity index (χ3n) is 4.51. The Labute approximate surface area is 149 Å². The molecule has 1 aliphatic carbocycles. The van der Waals surface area contributed by atoms with E-state index in [9.17, 15) is 22.8 Å². The molecule has 0 spiro atoms. The topological polar surface area (TPSA) is 70.0 Å². The number of rotatable bonds is 5. The van der Waals surface area contributed by atoms with E-state index in [-0.39, 0.29) is 48.1 Å². The lowest BCUT2D eigenvalue weighted by molar-refractivity contribution is -0.0328. The number of alkyl halides is 3. The quantitative estimate of drug-likeness (QED) is 0.848. The summed E-state index contributed by atoms with van der Waals surface area (Å²) in [4.78, 5) is 26.8. The van der Waals surface area contributed by atoms with Crippen molar-refractivity contribution in [1.29, 1.82) is 0 Å². The summed E-state index contributed by atoms with van der Waals surface area (Å²) < 4.78 is 39.8. The van der Waals surface area contributed by atoms with Crippen molar-refractivity contribution in [1.82, 2.24) is 9.13 Å². The van der Waals surface area contributed by atoms with Crippen LogP contribution in [0.3, 0.4) is 0 Å². The maximum Gasteiger partial charge on any atom is 0.441 e. The third-order valence-corrected chi connectivity index (χ3v) is 6.56. The van der Waals surface area contributed by atoms with Gasteiger partial charge in [-0.25, -0.2) is 4.79 Å². The van der Waals surface area contributed by atoms with Gasteiger partial charge in [0.2, 0.25) is 0 Å². The van der Waals surface area contributed by atoms with Crippen LogP contribution in [0.5, 0.6) is 0 Å². The molecular weight excluding hydrogens is 375 g/mol. The van der Waals surface area contributed by atoms with Crippen LogP contribution in [0.25, 0.3) is 10.2 Å². The first-order chi connectivity index (χ1) is 11.7. The Bertz CT molecular complexity index is 929. The number of fused-ring (bicyclic) bond motifs is 1. The highest BCUT2D eigenvalue weighted by Crippen LogP contribution is 2.41. The Morgan fingerprint density at radius 2 is 2.00 bits per heavy atom. The molecule has 1 saturated carbocycles. The van der Waals surface area contributed by atoms with Gasteiger partial charge in [-0.3, -0.25) is 13.9 Å². The SMILES string of the molecule is Cc1c(CN)sc2c1c(=O)n(C1CC1C)c(=O)n2CCSC(F)(F)F. The fraction of sp³-hybridized carbons (Fsp3) is 0.600. The fourth-order valence-electron chi connectivity index (χ4n) is 3.01. The number of thioether (sulfide) groups is 1. The lowest BCUT2D eigenvalue weighted by atomic mass is 10.2. The molecule has 25 heavy (non-hydrogen) atoms. The number of hydrogen-bond acceptors (Lipinski definition) is 5. The first-order valence-electron chi connectivity index (χ1n) is 7.83. The van der Waals surface area contributed by atoms with Crippen LogP contribution in [0, 0.1) is 12.8 Å². The summed E-state index contributed by atoms with van der Waals surface area (Å²) in [6, 6.07) is -0.174. The normalized spacial score (nSPS) is 20.4. The van der Waals surface area contributed by atoms with Crippen LogP contribution in [0.15, 0.2) is 9.59 Å². The molecule has 3 rings (SSSR count). The van der Waals surface area contributed by atoms with Gasteiger partial charge < -0.3 is 5.73 Å². The average Bonchev–Trinajstić information content (AvgIpc) is 3.11. The average molecular weight is 393 g/mol. The van der Waals surface area contributed by atoms with E-state index in [1.54, 1.807) is 6.92 Å². The molecule has 0 amide bonds. The molecule has 0 saturated heterocycles. The molecular formula is C15H18F3N3O2S2. The molecule has 5 nitrogen and oxygen atoms in total. The van der Waals surface area contributed by atoms with Crippen molar-refractivity contribution in [3.05, 3.63) is 31.3 Å². The van der Waals surface area contributed by atoms with Crippen molar-refractivity contribution in [3.8, 4) is 0 Å². The molecule has 2 N–H and O–H groups in total. The van der Waals surface area contributed by atoms with Crippen LogP contribution in [0.1, 0.15) is 29.8 Å². The Morgan fingerprint density at radius 3 is 2.52 bits per heavy atom. The van der Waals surface area contributed by atoms with E-state index in [4.69, 9.17) is 5.73 Å². The zero-order valence-electron chi connectivity index (χ0n) is 13.7. The second-order valence-corrected chi connectivity index (χ2v) is 8.46. The standard InChI is InChI=1S/C15H18F3N3O2S2/c1-7-5-9(7)21-12(22)11-8(2)10(6-19)25-13(11)20(14(21)23)3-4-24-15(16,17)18/h7,9H,3-6,19H2,1-2H3. The van der Waals surface area contributed by atoms with Crippen LogP contribution in [0.4, 0.5) is 13.2 Å². The number of nitrogens with zero attached hydrogens (tertiary/aromatic N) is 2. The molecule has 0 bridgehead atoms. The van der Waals surface area contributed by atoms with Crippen LogP contribution in [0.2, 0.25) is 0 Å². The Kier molecular flexibility index (Phi) is 4.80. The Balaban J connectivity index is 2.16. The monoisotopic (exact) mass is 393 g/mol. The highest BCUT2D eigenvalue weighted by Gasteiger charge is 2.38. The van der Waals surface area contributed by atoms with Crippen LogP contribution in [-0.2, 0) is 13.1 Å². The highest BCUT2D eigenvalue weighted by atomic mass is 32.2. The number of aromatic nitrogens is 2. The van der Waals surface area contributed by atoms with E-state index in [0.29, 0.717) is 15.8 Å². The summed E-state index contributed by atoms with van der Waals surface area (Å²) in [6.07, 6.45) is 0.727. The zero-order valence-corrected chi connectivity index (χ0v) is 15.4. The number of thiophene rings is 1. The first kappa shape index (κ1) is 18.5. The third kappa shape index (κ3) is 3.39. The summed E-state index contributed by atoms with van der Waals surface area (Å²) >= 11 is 1.04. The lowest BCUT2D eigenvalue weighted by Crippen LogP contribution is -2.40. The molecule has 0 aromatic carbocycles. The molecule has 2 aromatic rings. The van der Waals surface area contributed by atoms with E-state index < -0.39 is 11.2 Å². The van der Waals surface area contributed by atoms with E-state index >= 15 is 0 Å². The van der Waals surface area contributed by atoms with Crippen molar-refractivity contribution >= 4 is 33.3 Å². The van der Waals surface area contributed by atoms with Crippen LogP contribution in [-0.4, -0.2) is 20.4 Å². The zero-order chi connectivity index (χ0) is 18.5. The Hall–Kier alpha value is -1.26. The summed E-state index contributed by atoms with van der Waals surface area (Å²) in [5.74, 6) is -0.0694. The highest BCUT2D eigenvalue weighted by molar-refractivity contribution is 8.00. The lowest BCUT2D eigenvalue weighted by Gasteiger charge is -2.12. The summed E-state index contributed by atoms with van der Waals surface area (Å²) in [5, 5.41) is 0.404. The molecule has 2 heterocycles. The van der Waals surface area contributed by atoms with Gasteiger partial charge in [0.05, 0.1) is 5.39 Å². The molecule has 138 valence electrons. The molecule has 2 aromatic heterocycles. The number of aryl methyl sites for hydroxylation is 2. The van der Waals surface area contributed by atoms with Gasteiger partial charge in [-0.05, 0) is 36.6 Å². The molecule has 0 radical (unpaired) electrons. The minimum absolute atomic E-state index is 0.106. The predicted octanol–water partition coefficient (Wildman–Crippen LogP) is 2.83. The predicted molar refractivity (Wildman–Crippen MR) is 94.3 cm³/mol. The molecule has 2 unspecified atom stereocenters. The number of hydrogen-bond donors (Lipinski definition) is 1. The van der Waals surface area contributed by atoms with Gasteiger partial charge in [0.25, 0.3) is 5.56 Å². The second-order valence-electron chi connectivity index (χ2n) is 6.22. The minimum Gasteiger partial charge on any atom is -0.326 e. The van der Waals surface area contributed by atoms with Crippen LogP contribution < -0.4 is 17.0 Å². The molecule has 1 aliphatic rings. The summed E-state index contributed by atoms with van der Waals surface area (Å²) in [6.45, 7) is 3.82. The summed E-state index contributed by atoms with van der Waals surface area (Å²) in [7, 11) is 0. The van der Waals surface area contributed by atoms with Crippen LogP contribution >= 0.6 is 23.1 Å². The van der Waals surface area contributed by atoms with Crippen molar-refractivity contribution in [2.75, 3.05) is 5.75 Å². The number of nitrogens with two attached hydrogens (primary N) is 1. The smallest absolute Gasteiger partial charge is 0.326 e. The molecule has 2 atom stereocenters. The van der Waals surface area contributed by atoms with Crippen molar-refractivity contribution in [3.63, 3.8) is 0 Å². The first-order valence-corrected chi connectivity index (χ1v) is 9.64. The molecule has 1 fully saturated rings. The fourth-order valence-corrected chi connectivity index (χ4v) is 4.71. The van der Waals surface area contributed by atoms with Gasteiger partial charge in [-0.1, -0.05) is 6.92 Å². The van der Waals surface area contributed by atoms with Gasteiger partial charge in [0.15, 0.2) is 0 Å². The maximum absolute atomic E-state index is 12.8. The molecule has 10 heteroatoms. The van der Waals surface area contributed by atoms with E-state index in [0.717, 1.165) is 11.3 Å². The van der Waals surface area contributed by atoms with E-state index in [1.165, 1.54) is 20.5 Å². The van der Waals surface area contributed by atoms with Crippen molar-refractivity contribution < 1.29 is 13.2 Å². The van der Waals surface area contributed by atoms with Gasteiger partial charge in [0, 0.05) is 29.8 Å². The van der Waals surface area contributed by atoms with Gasteiger partial charge >= 0.3 is 11.2 Å². The second kappa shape index (κ2) is 6.48. The van der Waals surface area contributed by atoms with Gasteiger partial charge in [-0.15, -0.1) is 11.3 Å². The van der Waals surface area contributed by atoms with Gasteiger partial charge in [-0.2, -0.15) is 13.2 Å². The molecule has 0 aliphatic heterocycles. The minimum atomic E-state index is -4.35. The van der Waals surface area contributed by atoms with E-state index in [1.807, 2.05) is 6.92 Å². The maximum atomic E-state index is 12.8. The summed E-state index contributed by atoms with van der Waals surface area (Å²) in [5.41, 5.74) is 1.18. The number of halogens is 3. The largest absolute Gasteiger partial charge is 0.441 e. The van der Waals surface area contributed by atoms with Gasteiger partial charge in [0.1, 0.15) is 4.83 Å². The van der Waals surface area contributed by atoms with Crippen molar-refractivity contribution in [2.24, 2.45) is 11.7 Å². The Morgan fingerprint density at radius 1 is 1.36 bits per heavy atom. The van der Waals surface area contributed by atoms with Crippen molar-refractivity contribution in [2.45, 2.75) is 44.9 Å².